The Kier molecular flexibility index (Phi) is 3.53. The molecule has 1 fully saturated rings. The molecule has 0 bridgehead atoms. The third kappa shape index (κ3) is 2.46. The number of rotatable bonds is 4. The summed E-state index contributed by atoms with van der Waals surface area (Å²) >= 11 is 5.94. The molecule has 1 heterocycles. The Labute approximate surface area is 122 Å². The Balaban J connectivity index is 1.70. The zero-order valence-corrected chi connectivity index (χ0v) is 11.8. The zero-order valence-electron chi connectivity index (χ0n) is 11.1. The quantitative estimate of drug-likeness (QED) is 0.930. The SMILES string of the molecule is O=C(NCC1(c2ccc(Cl)cc2)CCC1)c1ccco1. The van der Waals surface area contributed by atoms with Crippen molar-refractivity contribution in [3.8, 4) is 0 Å². The van der Waals surface area contributed by atoms with Gasteiger partial charge in [0, 0.05) is 17.0 Å². The molecule has 4 heteroatoms. The third-order valence-electron chi connectivity index (χ3n) is 4.10. The average molecular weight is 290 g/mol. The van der Waals surface area contributed by atoms with Crippen LogP contribution in [-0.4, -0.2) is 12.5 Å². The highest BCUT2D eigenvalue weighted by Gasteiger charge is 2.38. The molecule has 3 nitrogen and oxygen atoms in total. The van der Waals surface area contributed by atoms with Crippen LogP contribution in [0.1, 0.15) is 35.4 Å². The fraction of sp³-hybridized carbons (Fsp3) is 0.312. The number of hydrogen-bond acceptors (Lipinski definition) is 2. The van der Waals surface area contributed by atoms with E-state index in [1.165, 1.54) is 18.2 Å². The van der Waals surface area contributed by atoms with Gasteiger partial charge in [0.15, 0.2) is 5.76 Å². The number of carbonyl (C=O) groups excluding carboxylic acids is 1. The van der Waals surface area contributed by atoms with Gasteiger partial charge in [0.2, 0.25) is 0 Å². The maximum Gasteiger partial charge on any atom is 0.287 e. The van der Waals surface area contributed by atoms with E-state index in [-0.39, 0.29) is 11.3 Å². The summed E-state index contributed by atoms with van der Waals surface area (Å²) in [7, 11) is 0. The number of benzene rings is 1. The fourth-order valence-corrected chi connectivity index (χ4v) is 2.84. The third-order valence-corrected chi connectivity index (χ3v) is 4.35. The highest BCUT2D eigenvalue weighted by atomic mass is 35.5. The molecule has 1 saturated carbocycles. The molecule has 0 radical (unpaired) electrons. The molecule has 0 atom stereocenters. The van der Waals surface area contributed by atoms with Crippen LogP contribution in [0, 0.1) is 0 Å². The van der Waals surface area contributed by atoms with Crippen molar-refractivity contribution in [2.75, 3.05) is 6.54 Å². The molecule has 1 aliphatic rings. The van der Waals surface area contributed by atoms with E-state index >= 15 is 0 Å². The second-order valence-electron chi connectivity index (χ2n) is 5.30. The standard InChI is InChI=1S/C16H16ClNO2/c17-13-6-4-12(5-7-13)16(8-2-9-16)11-18-15(19)14-3-1-10-20-14/h1,3-7,10H,2,8-9,11H2,(H,18,19). The fourth-order valence-electron chi connectivity index (χ4n) is 2.72. The van der Waals surface area contributed by atoms with E-state index in [1.54, 1.807) is 12.1 Å². The van der Waals surface area contributed by atoms with Crippen LogP contribution < -0.4 is 5.32 Å². The number of nitrogens with one attached hydrogen (secondary N) is 1. The number of carbonyl (C=O) groups is 1. The van der Waals surface area contributed by atoms with Crippen LogP contribution >= 0.6 is 11.6 Å². The lowest BCUT2D eigenvalue weighted by atomic mass is 9.64. The van der Waals surface area contributed by atoms with Crippen molar-refractivity contribution in [1.29, 1.82) is 0 Å². The second kappa shape index (κ2) is 5.33. The van der Waals surface area contributed by atoms with E-state index in [9.17, 15) is 4.79 Å². The van der Waals surface area contributed by atoms with Crippen molar-refractivity contribution in [3.05, 3.63) is 59.0 Å². The molecule has 0 saturated heterocycles. The molecular formula is C16H16ClNO2. The summed E-state index contributed by atoms with van der Waals surface area (Å²) < 4.78 is 5.10. The molecule has 0 spiro atoms. The van der Waals surface area contributed by atoms with Gasteiger partial charge in [-0.2, -0.15) is 0 Å². The molecule has 1 aromatic heterocycles. The van der Waals surface area contributed by atoms with Crippen molar-refractivity contribution >= 4 is 17.5 Å². The molecule has 0 unspecified atom stereocenters. The molecule has 20 heavy (non-hydrogen) atoms. The molecule has 2 aromatic rings. The maximum absolute atomic E-state index is 12.0. The van der Waals surface area contributed by atoms with Crippen molar-refractivity contribution < 1.29 is 9.21 Å². The monoisotopic (exact) mass is 289 g/mol. The first-order valence-electron chi connectivity index (χ1n) is 6.77. The predicted octanol–water partition coefficient (Wildman–Crippen LogP) is 3.78. The van der Waals surface area contributed by atoms with Gasteiger partial charge in [-0.15, -0.1) is 0 Å². The topological polar surface area (TPSA) is 42.2 Å². The van der Waals surface area contributed by atoms with Gasteiger partial charge in [0.05, 0.1) is 6.26 Å². The summed E-state index contributed by atoms with van der Waals surface area (Å²) in [4.78, 5) is 12.0. The van der Waals surface area contributed by atoms with E-state index in [2.05, 4.69) is 17.4 Å². The van der Waals surface area contributed by atoms with Crippen molar-refractivity contribution in [3.63, 3.8) is 0 Å². The molecule has 3 rings (SSSR count). The van der Waals surface area contributed by atoms with Gasteiger partial charge in [-0.05, 0) is 42.7 Å². The van der Waals surface area contributed by atoms with Gasteiger partial charge >= 0.3 is 0 Å². The lowest BCUT2D eigenvalue weighted by molar-refractivity contribution is 0.0900. The van der Waals surface area contributed by atoms with E-state index in [0.29, 0.717) is 12.3 Å². The number of hydrogen-bond donors (Lipinski definition) is 1. The lowest BCUT2D eigenvalue weighted by Crippen LogP contribution is -2.45. The van der Waals surface area contributed by atoms with Crippen LogP contribution in [-0.2, 0) is 5.41 Å². The summed E-state index contributed by atoms with van der Waals surface area (Å²) in [6, 6.07) is 11.3. The first kappa shape index (κ1) is 13.3. The van der Waals surface area contributed by atoms with Crippen LogP contribution in [0.25, 0.3) is 0 Å². The van der Waals surface area contributed by atoms with Crippen LogP contribution in [0.15, 0.2) is 47.1 Å². The van der Waals surface area contributed by atoms with E-state index in [1.807, 2.05) is 12.1 Å². The first-order chi connectivity index (χ1) is 9.70. The molecule has 1 amide bonds. The smallest absolute Gasteiger partial charge is 0.287 e. The number of furan rings is 1. The van der Waals surface area contributed by atoms with E-state index in [4.69, 9.17) is 16.0 Å². The maximum atomic E-state index is 12.0. The summed E-state index contributed by atoms with van der Waals surface area (Å²) in [5.74, 6) is 0.200. The van der Waals surface area contributed by atoms with Gasteiger partial charge in [-0.3, -0.25) is 4.79 Å². The Morgan fingerprint density at radius 2 is 2.00 bits per heavy atom. The Hall–Kier alpha value is -1.74. The Morgan fingerprint density at radius 1 is 1.25 bits per heavy atom. The van der Waals surface area contributed by atoms with Crippen molar-refractivity contribution in [2.45, 2.75) is 24.7 Å². The first-order valence-corrected chi connectivity index (χ1v) is 7.15. The van der Waals surface area contributed by atoms with Crippen LogP contribution in [0.2, 0.25) is 5.02 Å². The minimum atomic E-state index is -0.157. The van der Waals surface area contributed by atoms with Crippen molar-refractivity contribution in [2.24, 2.45) is 0 Å². The average Bonchev–Trinajstić information content (AvgIpc) is 2.93. The van der Waals surface area contributed by atoms with Gasteiger partial charge < -0.3 is 9.73 Å². The summed E-state index contributed by atoms with van der Waals surface area (Å²) in [5, 5.41) is 3.71. The van der Waals surface area contributed by atoms with Gasteiger partial charge in [0.1, 0.15) is 0 Å². The lowest BCUT2D eigenvalue weighted by Gasteiger charge is -2.42. The highest BCUT2D eigenvalue weighted by Crippen LogP contribution is 2.43. The van der Waals surface area contributed by atoms with Crippen LogP contribution in [0.5, 0.6) is 0 Å². The summed E-state index contributed by atoms with van der Waals surface area (Å²) in [5.41, 5.74) is 1.29. The largest absolute Gasteiger partial charge is 0.459 e. The molecular weight excluding hydrogens is 274 g/mol. The Bertz CT molecular complexity index is 585. The number of amides is 1. The summed E-state index contributed by atoms with van der Waals surface area (Å²) in [6.45, 7) is 0.633. The van der Waals surface area contributed by atoms with Gasteiger partial charge in [0.25, 0.3) is 5.91 Å². The second-order valence-corrected chi connectivity index (χ2v) is 5.74. The Morgan fingerprint density at radius 3 is 2.55 bits per heavy atom. The highest BCUT2D eigenvalue weighted by molar-refractivity contribution is 6.30. The minimum absolute atomic E-state index is 0.0485. The minimum Gasteiger partial charge on any atom is -0.459 e. The number of halogens is 1. The van der Waals surface area contributed by atoms with Crippen LogP contribution in [0.4, 0.5) is 0 Å². The normalized spacial score (nSPS) is 16.4. The van der Waals surface area contributed by atoms with Crippen LogP contribution in [0.3, 0.4) is 0 Å². The van der Waals surface area contributed by atoms with Crippen molar-refractivity contribution in [1.82, 2.24) is 5.32 Å². The molecule has 0 aliphatic heterocycles. The van der Waals surface area contributed by atoms with Gasteiger partial charge in [-0.25, -0.2) is 0 Å². The molecule has 104 valence electrons. The van der Waals surface area contributed by atoms with E-state index in [0.717, 1.165) is 17.9 Å². The predicted molar refractivity (Wildman–Crippen MR) is 78.0 cm³/mol. The van der Waals surface area contributed by atoms with E-state index < -0.39 is 0 Å². The van der Waals surface area contributed by atoms with Gasteiger partial charge in [-0.1, -0.05) is 30.2 Å². The molecule has 1 aromatic carbocycles. The zero-order chi connectivity index (χ0) is 14.0. The summed E-state index contributed by atoms with van der Waals surface area (Å²) in [6.07, 6.45) is 4.88. The molecule has 1 aliphatic carbocycles. The molecule has 1 N–H and O–H groups in total.